The molecular weight excluding hydrogens is 216 g/mol. The lowest BCUT2D eigenvalue weighted by Gasteiger charge is -1.94. The van der Waals surface area contributed by atoms with E-state index in [0.717, 1.165) is 29.7 Å². The number of aromatic amines is 1. The Kier molecular flexibility index (Phi) is 3.42. The van der Waals surface area contributed by atoms with Crippen LogP contribution in [0.4, 0.5) is 0 Å². The molecule has 0 bridgehead atoms. The smallest absolute Gasteiger partial charge is 0.335 e. The molecule has 0 saturated carbocycles. The fourth-order valence-electron chi connectivity index (χ4n) is 1.86. The molecule has 90 valence electrons. The number of imidazole rings is 1. The number of nitrogens with zero attached hydrogens (tertiary/aromatic N) is 1. The van der Waals surface area contributed by atoms with Gasteiger partial charge in [-0.3, -0.25) is 0 Å². The first-order chi connectivity index (χ1) is 8.20. The third kappa shape index (κ3) is 2.64. The minimum Gasteiger partial charge on any atom is -0.478 e. The number of hydrogen-bond acceptors (Lipinski definition) is 2. The van der Waals surface area contributed by atoms with Crippen LogP contribution in [0.2, 0.25) is 0 Å². The third-order valence-corrected chi connectivity index (χ3v) is 2.80. The summed E-state index contributed by atoms with van der Waals surface area (Å²) in [6, 6.07) is 4.97. The van der Waals surface area contributed by atoms with Gasteiger partial charge in [0.1, 0.15) is 5.82 Å². The van der Waals surface area contributed by atoms with E-state index in [1.165, 1.54) is 12.8 Å². The Morgan fingerprint density at radius 1 is 1.41 bits per heavy atom. The molecule has 2 rings (SSSR count). The lowest BCUT2D eigenvalue weighted by atomic mass is 10.2. The SMILES string of the molecule is CCCCCc1nc2ccc(C(=O)O)cc2[nH]1. The van der Waals surface area contributed by atoms with E-state index < -0.39 is 5.97 Å². The summed E-state index contributed by atoms with van der Waals surface area (Å²) < 4.78 is 0. The van der Waals surface area contributed by atoms with Crippen molar-refractivity contribution in [3.63, 3.8) is 0 Å². The van der Waals surface area contributed by atoms with Crippen molar-refractivity contribution in [1.82, 2.24) is 9.97 Å². The van der Waals surface area contributed by atoms with E-state index in [1.54, 1.807) is 18.2 Å². The predicted molar refractivity (Wildman–Crippen MR) is 66.3 cm³/mol. The summed E-state index contributed by atoms with van der Waals surface area (Å²) in [5.74, 6) is 0.0324. The van der Waals surface area contributed by atoms with Gasteiger partial charge in [0.15, 0.2) is 0 Å². The van der Waals surface area contributed by atoms with Gasteiger partial charge in [0.05, 0.1) is 16.6 Å². The molecule has 0 amide bonds. The van der Waals surface area contributed by atoms with Crippen molar-refractivity contribution in [3.8, 4) is 0 Å². The molecule has 0 unspecified atom stereocenters. The molecule has 0 saturated heterocycles. The summed E-state index contributed by atoms with van der Waals surface area (Å²) in [6.45, 7) is 2.16. The van der Waals surface area contributed by atoms with Crippen molar-refractivity contribution in [3.05, 3.63) is 29.6 Å². The van der Waals surface area contributed by atoms with E-state index in [9.17, 15) is 4.79 Å². The number of carbonyl (C=O) groups is 1. The molecule has 0 spiro atoms. The highest BCUT2D eigenvalue weighted by atomic mass is 16.4. The molecule has 17 heavy (non-hydrogen) atoms. The number of nitrogens with one attached hydrogen (secondary N) is 1. The van der Waals surface area contributed by atoms with E-state index in [2.05, 4.69) is 16.9 Å². The van der Waals surface area contributed by atoms with Gasteiger partial charge in [-0.2, -0.15) is 0 Å². The minimum absolute atomic E-state index is 0.293. The first-order valence-electron chi connectivity index (χ1n) is 5.92. The zero-order chi connectivity index (χ0) is 12.3. The highest BCUT2D eigenvalue weighted by Crippen LogP contribution is 2.15. The fraction of sp³-hybridized carbons (Fsp3) is 0.385. The molecule has 0 fully saturated rings. The molecule has 4 nitrogen and oxygen atoms in total. The maximum atomic E-state index is 10.8. The summed E-state index contributed by atoms with van der Waals surface area (Å²) in [5, 5.41) is 8.89. The van der Waals surface area contributed by atoms with Crippen LogP contribution in [0.25, 0.3) is 11.0 Å². The third-order valence-electron chi connectivity index (χ3n) is 2.80. The van der Waals surface area contributed by atoms with E-state index >= 15 is 0 Å². The van der Waals surface area contributed by atoms with Crippen LogP contribution in [0.15, 0.2) is 18.2 Å². The second-order valence-electron chi connectivity index (χ2n) is 4.18. The lowest BCUT2D eigenvalue weighted by Crippen LogP contribution is -1.94. The van der Waals surface area contributed by atoms with Crippen LogP contribution in [0.1, 0.15) is 42.4 Å². The molecule has 0 atom stereocenters. The molecule has 0 aliphatic carbocycles. The first-order valence-corrected chi connectivity index (χ1v) is 5.92. The molecule has 2 aromatic rings. The lowest BCUT2D eigenvalue weighted by molar-refractivity contribution is 0.0697. The Balaban J connectivity index is 2.21. The van der Waals surface area contributed by atoms with Gasteiger partial charge >= 0.3 is 5.97 Å². The number of aromatic carboxylic acids is 1. The van der Waals surface area contributed by atoms with E-state index in [4.69, 9.17) is 5.11 Å². The topological polar surface area (TPSA) is 66.0 Å². The van der Waals surface area contributed by atoms with Gasteiger partial charge in [-0.1, -0.05) is 19.8 Å². The summed E-state index contributed by atoms with van der Waals surface area (Å²) >= 11 is 0. The van der Waals surface area contributed by atoms with Crippen LogP contribution in [0.5, 0.6) is 0 Å². The standard InChI is InChI=1S/C13H16N2O2/c1-2-3-4-5-12-14-10-7-6-9(13(16)17)8-11(10)15-12/h6-8H,2-5H2,1H3,(H,14,15)(H,16,17). The Hall–Kier alpha value is -1.84. The fourth-order valence-corrected chi connectivity index (χ4v) is 1.86. The normalized spacial score (nSPS) is 10.9. The minimum atomic E-state index is -0.908. The highest BCUT2D eigenvalue weighted by Gasteiger charge is 2.07. The maximum absolute atomic E-state index is 10.8. The Bertz CT molecular complexity index is 531. The van der Waals surface area contributed by atoms with Crippen LogP contribution >= 0.6 is 0 Å². The predicted octanol–water partition coefficient (Wildman–Crippen LogP) is 2.99. The van der Waals surface area contributed by atoms with Gasteiger partial charge < -0.3 is 10.1 Å². The second-order valence-corrected chi connectivity index (χ2v) is 4.18. The summed E-state index contributed by atoms with van der Waals surface area (Å²) in [4.78, 5) is 18.4. The van der Waals surface area contributed by atoms with Gasteiger partial charge in [-0.15, -0.1) is 0 Å². The van der Waals surface area contributed by atoms with E-state index in [1.807, 2.05) is 0 Å². The number of rotatable bonds is 5. The number of unbranched alkanes of at least 4 members (excludes halogenated alkanes) is 2. The molecule has 1 aromatic heterocycles. The number of benzene rings is 1. The Labute approximate surface area is 99.7 Å². The first kappa shape index (κ1) is 11.6. The summed E-state index contributed by atoms with van der Waals surface area (Å²) in [6.07, 6.45) is 4.41. The molecule has 0 aliphatic heterocycles. The highest BCUT2D eigenvalue weighted by molar-refractivity contribution is 5.92. The van der Waals surface area contributed by atoms with Gasteiger partial charge in [0.2, 0.25) is 0 Å². The van der Waals surface area contributed by atoms with Crippen LogP contribution in [-0.4, -0.2) is 21.0 Å². The van der Waals surface area contributed by atoms with Gasteiger partial charge in [0.25, 0.3) is 0 Å². The maximum Gasteiger partial charge on any atom is 0.335 e. The average molecular weight is 232 g/mol. The molecule has 1 heterocycles. The molecule has 1 aromatic carbocycles. The molecule has 2 N–H and O–H groups in total. The second kappa shape index (κ2) is 4.99. The van der Waals surface area contributed by atoms with Gasteiger partial charge in [-0.05, 0) is 24.6 Å². The van der Waals surface area contributed by atoms with Crippen molar-refractivity contribution < 1.29 is 9.90 Å². The van der Waals surface area contributed by atoms with Crippen molar-refractivity contribution in [1.29, 1.82) is 0 Å². The summed E-state index contributed by atoms with van der Waals surface area (Å²) in [7, 11) is 0. The molecular formula is C13H16N2O2. The number of aryl methyl sites for hydroxylation is 1. The largest absolute Gasteiger partial charge is 0.478 e. The van der Waals surface area contributed by atoms with Gasteiger partial charge in [0, 0.05) is 6.42 Å². The number of hydrogen-bond donors (Lipinski definition) is 2. The molecule has 0 radical (unpaired) electrons. The monoisotopic (exact) mass is 232 g/mol. The Morgan fingerprint density at radius 2 is 2.24 bits per heavy atom. The van der Waals surface area contributed by atoms with Crippen LogP contribution in [0.3, 0.4) is 0 Å². The zero-order valence-electron chi connectivity index (χ0n) is 9.86. The van der Waals surface area contributed by atoms with Crippen LogP contribution < -0.4 is 0 Å². The van der Waals surface area contributed by atoms with E-state index in [0.29, 0.717) is 5.56 Å². The average Bonchev–Trinajstić information content (AvgIpc) is 2.70. The van der Waals surface area contributed by atoms with Crippen LogP contribution in [0, 0.1) is 0 Å². The quantitative estimate of drug-likeness (QED) is 0.779. The van der Waals surface area contributed by atoms with Crippen molar-refractivity contribution in [2.24, 2.45) is 0 Å². The van der Waals surface area contributed by atoms with Crippen molar-refractivity contribution >= 4 is 17.0 Å². The number of H-pyrrole nitrogens is 1. The van der Waals surface area contributed by atoms with E-state index in [-0.39, 0.29) is 0 Å². The molecule has 0 aliphatic rings. The molecule has 4 heteroatoms. The zero-order valence-corrected chi connectivity index (χ0v) is 9.86. The number of carboxylic acid groups (broad SMARTS) is 1. The number of carboxylic acids is 1. The van der Waals surface area contributed by atoms with Crippen molar-refractivity contribution in [2.45, 2.75) is 32.6 Å². The summed E-state index contributed by atoms with van der Waals surface area (Å²) in [5.41, 5.74) is 1.93. The number of fused-ring (bicyclic) bond motifs is 1. The van der Waals surface area contributed by atoms with Crippen molar-refractivity contribution in [2.75, 3.05) is 0 Å². The van der Waals surface area contributed by atoms with Crippen LogP contribution in [-0.2, 0) is 6.42 Å². The Morgan fingerprint density at radius 3 is 2.94 bits per heavy atom. The van der Waals surface area contributed by atoms with Gasteiger partial charge in [-0.25, -0.2) is 9.78 Å². The number of aromatic nitrogens is 2.